The van der Waals surface area contributed by atoms with Gasteiger partial charge in [-0.25, -0.2) is 4.98 Å². The van der Waals surface area contributed by atoms with Crippen LogP contribution in [0.4, 0.5) is 0 Å². The minimum absolute atomic E-state index is 0.523. The van der Waals surface area contributed by atoms with Gasteiger partial charge in [-0.2, -0.15) is 0 Å². The molecule has 0 aliphatic carbocycles. The smallest absolute Gasteiger partial charge is 0.213 e. The van der Waals surface area contributed by atoms with Crippen LogP contribution >= 0.6 is 11.6 Å². The van der Waals surface area contributed by atoms with Crippen LogP contribution < -0.4 is 4.74 Å². The van der Waals surface area contributed by atoms with E-state index in [0.29, 0.717) is 16.5 Å². The Balaban J connectivity index is 2.51. The lowest BCUT2D eigenvalue weighted by molar-refractivity contribution is 0.112. The van der Waals surface area contributed by atoms with E-state index in [9.17, 15) is 4.79 Å². The molecule has 2 aromatic rings. The number of hydrogen-bond acceptors (Lipinski definition) is 3. The number of ether oxygens (including phenoxy) is 1. The van der Waals surface area contributed by atoms with E-state index in [-0.39, 0.29) is 0 Å². The lowest BCUT2D eigenvalue weighted by atomic mass is 10.0. The summed E-state index contributed by atoms with van der Waals surface area (Å²) in [7, 11) is 1.56. The Bertz CT molecular complexity index is 555. The monoisotopic (exact) mass is 247 g/mol. The first-order valence-electron chi connectivity index (χ1n) is 4.99. The standard InChI is InChI=1S/C13H10ClNO2/c1-17-13-7-10(2-3-15-13)11-4-9(8-16)5-12(14)6-11/h2-8H,1H3. The molecule has 0 fully saturated rings. The number of rotatable bonds is 3. The van der Waals surface area contributed by atoms with Crippen LogP contribution in [0.1, 0.15) is 10.4 Å². The lowest BCUT2D eigenvalue weighted by Gasteiger charge is -2.05. The van der Waals surface area contributed by atoms with Crippen LogP contribution in [-0.4, -0.2) is 18.4 Å². The highest BCUT2D eigenvalue weighted by molar-refractivity contribution is 6.31. The maximum atomic E-state index is 10.8. The van der Waals surface area contributed by atoms with Gasteiger partial charge in [0.1, 0.15) is 6.29 Å². The van der Waals surface area contributed by atoms with Gasteiger partial charge in [0.25, 0.3) is 0 Å². The number of carbonyl (C=O) groups excluding carboxylic acids is 1. The molecule has 0 N–H and O–H groups in total. The third-order valence-electron chi connectivity index (χ3n) is 2.33. The van der Waals surface area contributed by atoms with Crippen LogP contribution in [0.2, 0.25) is 5.02 Å². The highest BCUT2D eigenvalue weighted by Crippen LogP contribution is 2.26. The molecule has 0 unspecified atom stereocenters. The fourth-order valence-corrected chi connectivity index (χ4v) is 1.79. The molecule has 4 heteroatoms. The van der Waals surface area contributed by atoms with Crippen molar-refractivity contribution in [3.63, 3.8) is 0 Å². The largest absolute Gasteiger partial charge is 0.481 e. The van der Waals surface area contributed by atoms with E-state index in [4.69, 9.17) is 16.3 Å². The highest BCUT2D eigenvalue weighted by atomic mass is 35.5. The van der Waals surface area contributed by atoms with E-state index in [2.05, 4.69) is 4.98 Å². The van der Waals surface area contributed by atoms with Crippen molar-refractivity contribution in [1.29, 1.82) is 0 Å². The normalized spacial score (nSPS) is 10.0. The summed E-state index contributed by atoms with van der Waals surface area (Å²) >= 11 is 5.95. The van der Waals surface area contributed by atoms with Crippen LogP contribution in [0, 0.1) is 0 Å². The summed E-state index contributed by atoms with van der Waals surface area (Å²) in [6.07, 6.45) is 2.42. The lowest BCUT2D eigenvalue weighted by Crippen LogP contribution is -1.88. The van der Waals surface area contributed by atoms with Crippen LogP contribution in [0.25, 0.3) is 11.1 Å². The second-order valence-electron chi connectivity index (χ2n) is 3.48. The molecule has 2 rings (SSSR count). The van der Waals surface area contributed by atoms with Crippen molar-refractivity contribution in [2.45, 2.75) is 0 Å². The second kappa shape index (κ2) is 4.97. The van der Waals surface area contributed by atoms with Gasteiger partial charge < -0.3 is 4.74 Å². The Morgan fingerprint density at radius 1 is 1.24 bits per heavy atom. The molecule has 86 valence electrons. The molecule has 0 amide bonds. The van der Waals surface area contributed by atoms with Gasteiger partial charge in [0.2, 0.25) is 5.88 Å². The third-order valence-corrected chi connectivity index (χ3v) is 2.55. The Morgan fingerprint density at radius 2 is 2.06 bits per heavy atom. The third kappa shape index (κ3) is 2.63. The average Bonchev–Trinajstić information content (AvgIpc) is 2.38. The Hall–Kier alpha value is -1.87. The van der Waals surface area contributed by atoms with Gasteiger partial charge >= 0.3 is 0 Å². The summed E-state index contributed by atoms with van der Waals surface area (Å²) in [4.78, 5) is 14.8. The first-order valence-corrected chi connectivity index (χ1v) is 5.37. The quantitative estimate of drug-likeness (QED) is 0.782. The van der Waals surface area contributed by atoms with Crippen LogP contribution in [0.3, 0.4) is 0 Å². The summed E-state index contributed by atoms with van der Waals surface area (Å²) in [6, 6.07) is 8.82. The number of hydrogen-bond donors (Lipinski definition) is 0. The van der Waals surface area contributed by atoms with E-state index >= 15 is 0 Å². The molecule has 1 heterocycles. The molecule has 17 heavy (non-hydrogen) atoms. The van der Waals surface area contributed by atoms with Gasteiger partial charge in [0.15, 0.2) is 0 Å². The maximum Gasteiger partial charge on any atom is 0.213 e. The van der Waals surface area contributed by atoms with Crippen LogP contribution in [0.15, 0.2) is 36.5 Å². The van der Waals surface area contributed by atoms with Gasteiger partial charge in [-0.1, -0.05) is 11.6 Å². The minimum atomic E-state index is 0.523. The van der Waals surface area contributed by atoms with Gasteiger partial charge in [-0.15, -0.1) is 0 Å². The number of pyridine rings is 1. The predicted octanol–water partition coefficient (Wildman–Crippen LogP) is 3.22. The first-order chi connectivity index (χ1) is 8.22. The zero-order valence-corrected chi connectivity index (χ0v) is 9.94. The van der Waals surface area contributed by atoms with Crippen molar-refractivity contribution < 1.29 is 9.53 Å². The van der Waals surface area contributed by atoms with Gasteiger partial charge in [0.05, 0.1) is 7.11 Å². The summed E-state index contributed by atoms with van der Waals surface area (Å²) in [5.74, 6) is 0.523. The Kier molecular flexibility index (Phi) is 3.40. The Labute approximate surface area is 104 Å². The van der Waals surface area contributed by atoms with Crippen molar-refractivity contribution in [2.75, 3.05) is 7.11 Å². The maximum absolute atomic E-state index is 10.8. The molecule has 0 bridgehead atoms. The van der Waals surface area contributed by atoms with Crippen LogP contribution in [-0.2, 0) is 0 Å². The molecule has 3 nitrogen and oxygen atoms in total. The number of nitrogens with zero attached hydrogens (tertiary/aromatic N) is 1. The fourth-order valence-electron chi connectivity index (χ4n) is 1.55. The number of benzene rings is 1. The van der Waals surface area contributed by atoms with Crippen molar-refractivity contribution in [3.8, 4) is 17.0 Å². The summed E-state index contributed by atoms with van der Waals surface area (Å²) in [5.41, 5.74) is 2.31. The van der Waals surface area contributed by atoms with E-state index in [0.717, 1.165) is 17.4 Å². The topological polar surface area (TPSA) is 39.2 Å². The van der Waals surface area contributed by atoms with E-state index in [1.165, 1.54) is 0 Å². The number of carbonyl (C=O) groups is 1. The van der Waals surface area contributed by atoms with Crippen molar-refractivity contribution >= 4 is 17.9 Å². The predicted molar refractivity (Wildman–Crippen MR) is 66.6 cm³/mol. The number of aromatic nitrogens is 1. The van der Waals surface area contributed by atoms with E-state index in [1.807, 2.05) is 6.07 Å². The molecule has 0 saturated carbocycles. The Morgan fingerprint density at radius 3 is 2.76 bits per heavy atom. The van der Waals surface area contributed by atoms with Crippen molar-refractivity contribution in [3.05, 3.63) is 47.1 Å². The zero-order chi connectivity index (χ0) is 12.3. The SMILES string of the molecule is COc1cc(-c2cc(Cl)cc(C=O)c2)ccn1. The van der Waals surface area contributed by atoms with Crippen molar-refractivity contribution in [2.24, 2.45) is 0 Å². The summed E-state index contributed by atoms with van der Waals surface area (Å²) in [5, 5.41) is 0.528. The van der Waals surface area contributed by atoms with E-state index in [1.54, 1.807) is 37.6 Å². The molecule has 0 aliphatic heterocycles. The molecular formula is C13H10ClNO2. The molecular weight excluding hydrogens is 238 g/mol. The minimum Gasteiger partial charge on any atom is -0.481 e. The molecule has 0 saturated heterocycles. The van der Waals surface area contributed by atoms with E-state index < -0.39 is 0 Å². The van der Waals surface area contributed by atoms with Gasteiger partial charge in [-0.3, -0.25) is 4.79 Å². The highest BCUT2D eigenvalue weighted by Gasteiger charge is 2.03. The molecule has 0 radical (unpaired) electrons. The van der Waals surface area contributed by atoms with Crippen molar-refractivity contribution in [1.82, 2.24) is 4.98 Å². The molecule has 1 aromatic carbocycles. The van der Waals surface area contributed by atoms with Gasteiger partial charge in [-0.05, 0) is 35.4 Å². The second-order valence-corrected chi connectivity index (χ2v) is 3.91. The summed E-state index contributed by atoms with van der Waals surface area (Å²) in [6.45, 7) is 0. The first kappa shape index (κ1) is 11.6. The number of halogens is 1. The molecule has 0 atom stereocenters. The molecule has 0 aliphatic rings. The van der Waals surface area contributed by atoms with Crippen LogP contribution in [0.5, 0.6) is 5.88 Å². The average molecular weight is 248 g/mol. The molecule has 1 aromatic heterocycles. The fraction of sp³-hybridized carbons (Fsp3) is 0.0769. The molecule has 0 spiro atoms. The number of aldehydes is 1. The summed E-state index contributed by atoms with van der Waals surface area (Å²) < 4.78 is 5.05. The zero-order valence-electron chi connectivity index (χ0n) is 9.18. The number of methoxy groups -OCH3 is 1. The van der Waals surface area contributed by atoms with Gasteiger partial charge in [0, 0.05) is 22.8 Å².